The predicted octanol–water partition coefficient (Wildman–Crippen LogP) is 4.74. The monoisotopic (exact) mass is 378 g/mol. The highest BCUT2D eigenvalue weighted by molar-refractivity contribution is 7.17. The van der Waals surface area contributed by atoms with Gasteiger partial charge in [0.1, 0.15) is 10.4 Å². The first-order valence-electron chi connectivity index (χ1n) is 8.99. The number of thiophene rings is 1. The third kappa shape index (κ3) is 3.03. The summed E-state index contributed by atoms with van der Waals surface area (Å²) in [5.74, 6) is 1.25. The average molecular weight is 378 g/mol. The molecule has 0 aliphatic heterocycles. The summed E-state index contributed by atoms with van der Waals surface area (Å²) >= 11 is 1.47. The number of pyridine rings is 1. The van der Waals surface area contributed by atoms with Gasteiger partial charge in [-0.15, -0.1) is 11.3 Å². The molecule has 2 N–H and O–H groups in total. The van der Waals surface area contributed by atoms with Crippen LogP contribution < -0.4 is 15.6 Å². The smallest absolute Gasteiger partial charge is 0.266 e. The Kier molecular flexibility index (Phi) is 4.72. The van der Waals surface area contributed by atoms with E-state index in [0.29, 0.717) is 5.92 Å². The van der Waals surface area contributed by atoms with Crippen molar-refractivity contribution in [2.45, 2.75) is 12.8 Å². The van der Waals surface area contributed by atoms with E-state index in [1.54, 1.807) is 7.11 Å². The summed E-state index contributed by atoms with van der Waals surface area (Å²) in [4.78, 5) is 15.4. The van der Waals surface area contributed by atoms with Crippen molar-refractivity contribution < 1.29 is 4.74 Å². The molecule has 0 aliphatic carbocycles. The number of aromatic amines is 1. The number of rotatable bonds is 5. The Bertz CT molecular complexity index is 1160. The molecule has 0 spiro atoms. The fraction of sp³-hybridized carbons (Fsp3) is 0.227. The van der Waals surface area contributed by atoms with Crippen LogP contribution in [0.4, 0.5) is 0 Å². The van der Waals surface area contributed by atoms with Crippen molar-refractivity contribution in [1.82, 2.24) is 10.3 Å². The van der Waals surface area contributed by atoms with Gasteiger partial charge >= 0.3 is 0 Å². The van der Waals surface area contributed by atoms with Gasteiger partial charge in [0, 0.05) is 28.4 Å². The van der Waals surface area contributed by atoms with E-state index in [-0.39, 0.29) is 5.56 Å². The maximum Gasteiger partial charge on any atom is 0.266 e. The maximum absolute atomic E-state index is 12.4. The predicted molar refractivity (Wildman–Crippen MR) is 114 cm³/mol. The zero-order chi connectivity index (χ0) is 19.0. The maximum atomic E-state index is 12.4. The molecule has 0 saturated carbocycles. The van der Waals surface area contributed by atoms with Gasteiger partial charge in [-0.2, -0.15) is 0 Å². The second-order valence-corrected chi connectivity index (χ2v) is 7.68. The fourth-order valence-corrected chi connectivity index (χ4v) is 4.48. The lowest BCUT2D eigenvalue weighted by Crippen LogP contribution is -2.14. The van der Waals surface area contributed by atoms with Gasteiger partial charge in [0.15, 0.2) is 0 Å². The van der Waals surface area contributed by atoms with Crippen molar-refractivity contribution in [3.05, 3.63) is 63.8 Å². The zero-order valence-electron chi connectivity index (χ0n) is 15.6. The number of ether oxygens (including phenoxy) is 1. The van der Waals surface area contributed by atoms with Crippen LogP contribution in [0.1, 0.15) is 18.4 Å². The molecule has 2 aromatic carbocycles. The van der Waals surface area contributed by atoms with Gasteiger partial charge in [0.05, 0.1) is 7.11 Å². The number of likely N-dealkylation sites (N-methyl/N-ethyl adjacent to an activating group) is 1. The Morgan fingerprint density at radius 1 is 1.15 bits per heavy atom. The molecule has 27 heavy (non-hydrogen) atoms. The third-order valence-corrected chi connectivity index (χ3v) is 5.97. The van der Waals surface area contributed by atoms with Crippen molar-refractivity contribution in [1.29, 1.82) is 0 Å². The minimum atomic E-state index is -0.0418. The van der Waals surface area contributed by atoms with Crippen LogP contribution in [0.15, 0.2) is 52.6 Å². The second kappa shape index (κ2) is 7.18. The minimum Gasteiger partial charge on any atom is -0.496 e. The van der Waals surface area contributed by atoms with Gasteiger partial charge in [-0.1, -0.05) is 31.2 Å². The van der Waals surface area contributed by atoms with Crippen LogP contribution in [-0.4, -0.2) is 25.7 Å². The Morgan fingerprint density at radius 3 is 2.63 bits per heavy atom. The quantitative estimate of drug-likeness (QED) is 0.527. The van der Waals surface area contributed by atoms with Crippen LogP contribution in [0.3, 0.4) is 0 Å². The van der Waals surface area contributed by atoms with Crippen molar-refractivity contribution in [2.75, 3.05) is 20.7 Å². The highest BCUT2D eigenvalue weighted by Gasteiger charge is 2.16. The van der Waals surface area contributed by atoms with Crippen molar-refractivity contribution in [3.8, 4) is 16.9 Å². The number of H-pyrrole nitrogens is 1. The van der Waals surface area contributed by atoms with E-state index in [2.05, 4.69) is 41.5 Å². The Morgan fingerprint density at radius 2 is 1.93 bits per heavy atom. The topological polar surface area (TPSA) is 54.1 Å². The van der Waals surface area contributed by atoms with E-state index in [4.69, 9.17) is 4.74 Å². The third-order valence-electron chi connectivity index (χ3n) is 5.05. The average Bonchev–Trinajstić information content (AvgIpc) is 3.18. The van der Waals surface area contributed by atoms with Crippen LogP contribution in [0.2, 0.25) is 0 Å². The Hall–Kier alpha value is -2.63. The number of benzene rings is 2. The van der Waals surface area contributed by atoms with Crippen molar-refractivity contribution in [2.24, 2.45) is 0 Å². The molecule has 138 valence electrons. The van der Waals surface area contributed by atoms with Crippen LogP contribution in [0.5, 0.6) is 5.75 Å². The number of hydrogen-bond acceptors (Lipinski definition) is 4. The van der Waals surface area contributed by atoms with Crippen molar-refractivity contribution >= 4 is 32.3 Å². The minimum absolute atomic E-state index is 0.0418. The van der Waals surface area contributed by atoms with Gasteiger partial charge in [-0.25, -0.2) is 0 Å². The van der Waals surface area contributed by atoms with Gasteiger partial charge < -0.3 is 15.0 Å². The largest absolute Gasteiger partial charge is 0.496 e. The standard InChI is InChI=1S/C22H22N2O2S/c1-13(12-23-2)14-4-6-15(7-5-14)19-18(26-3)9-8-17-20(19)16-10-11-27-21(16)22(25)24-17/h4-11,13,23H,12H2,1-3H3,(H,24,25)/t13-/m1/s1. The molecular formula is C22H22N2O2S. The molecule has 0 saturated heterocycles. The number of aromatic nitrogens is 1. The molecule has 0 fully saturated rings. The van der Waals surface area contributed by atoms with E-state index < -0.39 is 0 Å². The molecule has 4 rings (SSSR count). The fourth-order valence-electron chi connectivity index (χ4n) is 3.69. The number of fused-ring (bicyclic) bond motifs is 3. The molecule has 0 radical (unpaired) electrons. The Labute approximate surface area is 161 Å². The lowest BCUT2D eigenvalue weighted by atomic mass is 9.94. The van der Waals surface area contributed by atoms with E-state index >= 15 is 0 Å². The highest BCUT2D eigenvalue weighted by Crippen LogP contribution is 2.40. The van der Waals surface area contributed by atoms with Gasteiger partial charge in [-0.3, -0.25) is 4.79 Å². The summed E-state index contributed by atoms with van der Waals surface area (Å²) in [5.41, 5.74) is 4.18. The van der Waals surface area contributed by atoms with Crippen LogP contribution in [0.25, 0.3) is 32.1 Å². The van der Waals surface area contributed by atoms with Crippen LogP contribution in [0, 0.1) is 0 Å². The molecule has 0 amide bonds. The molecule has 2 aromatic heterocycles. The second-order valence-electron chi connectivity index (χ2n) is 6.76. The van der Waals surface area contributed by atoms with E-state index in [1.165, 1.54) is 16.9 Å². The molecule has 4 aromatic rings. The number of nitrogens with one attached hydrogen (secondary N) is 2. The highest BCUT2D eigenvalue weighted by atomic mass is 32.1. The van der Waals surface area contributed by atoms with E-state index in [1.807, 2.05) is 30.6 Å². The molecule has 4 nitrogen and oxygen atoms in total. The first-order valence-corrected chi connectivity index (χ1v) is 9.87. The lowest BCUT2D eigenvalue weighted by Gasteiger charge is -2.15. The molecular weight excluding hydrogens is 356 g/mol. The normalized spacial score (nSPS) is 12.6. The number of hydrogen-bond donors (Lipinski definition) is 2. The summed E-state index contributed by atoms with van der Waals surface area (Å²) in [6, 6.07) is 14.5. The zero-order valence-corrected chi connectivity index (χ0v) is 16.4. The van der Waals surface area contributed by atoms with E-state index in [9.17, 15) is 4.79 Å². The Balaban J connectivity index is 1.97. The number of methoxy groups -OCH3 is 1. The van der Waals surface area contributed by atoms with Gasteiger partial charge in [-0.05, 0) is 47.7 Å². The van der Waals surface area contributed by atoms with Crippen LogP contribution >= 0.6 is 11.3 Å². The molecule has 2 heterocycles. The summed E-state index contributed by atoms with van der Waals surface area (Å²) in [7, 11) is 3.66. The van der Waals surface area contributed by atoms with Gasteiger partial charge in [0.25, 0.3) is 5.56 Å². The molecule has 5 heteroatoms. The van der Waals surface area contributed by atoms with E-state index in [0.717, 1.165) is 44.4 Å². The summed E-state index contributed by atoms with van der Waals surface area (Å²) in [6.07, 6.45) is 0. The van der Waals surface area contributed by atoms with Gasteiger partial charge in [0.2, 0.25) is 0 Å². The van der Waals surface area contributed by atoms with Crippen molar-refractivity contribution in [3.63, 3.8) is 0 Å². The first-order chi connectivity index (χ1) is 13.1. The first kappa shape index (κ1) is 17.8. The molecule has 0 aliphatic rings. The summed E-state index contributed by atoms with van der Waals surface area (Å²) in [5, 5.41) is 7.19. The SMILES string of the molecule is CNC[C@@H](C)c1ccc(-c2c(OC)ccc3[nH]c(=O)c4sccc4c23)cc1. The summed E-state index contributed by atoms with van der Waals surface area (Å²) < 4.78 is 6.43. The molecule has 0 unspecified atom stereocenters. The summed E-state index contributed by atoms with van der Waals surface area (Å²) in [6.45, 7) is 3.15. The molecule has 1 atom stereocenters. The molecule has 0 bridgehead atoms. The van der Waals surface area contributed by atoms with Crippen LogP contribution in [-0.2, 0) is 0 Å². The lowest BCUT2D eigenvalue weighted by molar-refractivity contribution is 0.417.